The maximum absolute atomic E-state index is 11.5. The van der Waals surface area contributed by atoms with Gasteiger partial charge in [0.25, 0.3) is 5.91 Å². The Morgan fingerprint density at radius 2 is 2.17 bits per heavy atom. The molecule has 0 fully saturated rings. The van der Waals surface area contributed by atoms with Crippen molar-refractivity contribution in [1.82, 2.24) is 5.32 Å². The molecular weight excluding hydrogens is 250 g/mol. The van der Waals surface area contributed by atoms with Crippen LogP contribution in [0.1, 0.15) is 25.8 Å². The molecule has 0 aliphatic rings. The molecule has 1 aromatic carbocycles. The molecule has 18 heavy (non-hydrogen) atoms. The molecular formula is C14H20ClNO2. The molecule has 0 saturated carbocycles. The standard InChI is InChI=1S/C14H20ClNO2/c1-10(2)6-7-16-14(17)9-18-13-8-12(15)5-4-11(13)3/h4-5,8,10H,6-7,9H2,1-3H3,(H,16,17). The predicted molar refractivity (Wildman–Crippen MR) is 74.1 cm³/mol. The van der Waals surface area contributed by atoms with Gasteiger partial charge in [0.1, 0.15) is 5.75 Å². The van der Waals surface area contributed by atoms with E-state index in [1.54, 1.807) is 12.1 Å². The van der Waals surface area contributed by atoms with Gasteiger partial charge in [-0.05, 0) is 37.0 Å². The van der Waals surface area contributed by atoms with E-state index in [2.05, 4.69) is 19.2 Å². The number of rotatable bonds is 6. The van der Waals surface area contributed by atoms with Gasteiger partial charge >= 0.3 is 0 Å². The number of benzene rings is 1. The van der Waals surface area contributed by atoms with Crippen LogP contribution in [0.3, 0.4) is 0 Å². The van der Waals surface area contributed by atoms with Crippen LogP contribution in [0.25, 0.3) is 0 Å². The van der Waals surface area contributed by atoms with Gasteiger partial charge in [-0.25, -0.2) is 0 Å². The average Bonchev–Trinajstić information content (AvgIpc) is 2.30. The van der Waals surface area contributed by atoms with Crippen LogP contribution < -0.4 is 10.1 Å². The summed E-state index contributed by atoms with van der Waals surface area (Å²) in [4.78, 5) is 11.5. The van der Waals surface area contributed by atoms with Crippen molar-refractivity contribution in [3.8, 4) is 5.75 Å². The molecule has 100 valence electrons. The van der Waals surface area contributed by atoms with Crippen molar-refractivity contribution in [1.29, 1.82) is 0 Å². The Labute approximate surface area is 113 Å². The summed E-state index contributed by atoms with van der Waals surface area (Å²) in [5.41, 5.74) is 0.967. The monoisotopic (exact) mass is 269 g/mol. The van der Waals surface area contributed by atoms with Crippen molar-refractivity contribution >= 4 is 17.5 Å². The van der Waals surface area contributed by atoms with Crippen molar-refractivity contribution < 1.29 is 9.53 Å². The molecule has 3 nitrogen and oxygen atoms in total. The Hall–Kier alpha value is -1.22. The van der Waals surface area contributed by atoms with Crippen molar-refractivity contribution in [2.45, 2.75) is 27.2 Å². The van der Waals surface area contributed by atoms with E-state index >= 15 is 0 Å². The van der Waals surface area contributed by atoms with E-state index in [0.717, 1.165) is 12.0 Å². The average molecular weight is 270 g/mol. The highest BCUT2D eigenvalue weighted by Crippen LogP contribution is 2.22. The molecule has 0 unspecified atom stereocenters. The van der Waals surface area contributed by atoms with Crippen LogP contribution in [0.5, 0.6) is 5.75 Å². The van der Waals surface area contributed by atoms with E-state index in [9.17, 15) is 4.79 Å². The SMILES string of the molecule is Cc1ccc(Cl)cc1OCC(=O)NCCC(C)C. The van der Waals surface area contributed by atoms with Crippen LogP contribution in [0, 0.1) is 12.8 Å². The second-order valence-electron chi connectivity index (χ2n) is 4.73. The molecule has 1 N–H and O–H groups in total. The minimum atomic E-state index is -0.102. The molecule has 1 amide bonds. The summed E-state index contributed by atoms with van der Waals surface area (Å²) in [6.45, 7) is 6.88. The number of nitrogens with one attached hydrogen (secondary N) is 1. The topological polar surface area (TPSA) is 38.3 Å². The Morgan fingerprint density at radius 1 is 1.44 bits per heavy atom. The summed E-state index contributed by atoms with van der Waals surface area (Å²) in [5.74, 6) is 1.14. The number of aryl methyl sites for hydroxylation is 1. The lowest BCUT2D eigenvalue weighted by Crippen LogP contribution is -2.30. The zero-order valence-corrected chi connectivity index (χ0v) is 11.9. The third-order valence-corrected chi connectivity index (χ3v) is 2.79. The van der Waals surface area contributed by atoms with Crippen LogP contribution in [0.2, 0.25) is 5.02 Å². The summed E-state index contributed by atoms with van der Waals surface area (Å²) < 4.78 is 5.44. The Kier molecular flexibility index (Phi) is 5.99. The van der Waals surface area contributed by atoms with Gasteiger partial charge in [0.2, 0.25) is 0 Å². The van der Waals surface area contributed by atoms with Crippen LogP contribution >= 0.6 is 11.6 Å². The Balaban J connectivity index is 2.36. The zero-order chi connectivity index (χ0) is 13.5. The summed E-state index contributed by atoms with van der Waals surface area (Å²) in [5, 5.41) is 3.43. The predicted octanol–water partition coefficient (Wildman–Crippen LogP) is 3.19. The molecule has 0 aliphatic carbocycles. The second kappa shape index (κ2) is 7.27. The van der Waals surface area contributed by atoms with E-state index in [1.165, 1.54) is 0 Å². The van der Waals surface area contributed by atoms with Crippen LogP contribution in [-0.4, -0.2) is 19.1 Å². The molecule has 0 spiro atoms. The maximum Gasteiger partial charge on any atom is 0.257 e. The fourth-order valence-corrected chi connectivity index (χ4v) is 1.59. The van der Waals surface area contributed by atoms with E-state index in [1.807, 2.05) is 13.0 Å². The third-order valence-electron chi connectivity index (χ3n) is 2.55. The Morgan fingerprint density at radius 3 is 2.83 bits per heavy atom. The molecule has 0 aliphatic heterocycles. The number of ether oxygens (including phenoxy) is 1. The third kappa shape index (κ3) is 5.41. The molecule has 4 heteroatoms. The summed E-state index contributed by atoms with van der Waals surface area (Å²) in [7, 11) is 0. The van der Waals surface area contributed by atoms with Crippen LogP contribution in [0.15, 0.2) is 18.2 Å². The summed E-state index contributed by atoms with van der Waals surface area (Å²) in [6.07, 6.45) is 0.974. The van der Waals surface area contributed by atoms with Gasteiger partial charge in [-0.1, -0.05) is 31.5 Å². The lowest BCUT2D eigenvalue weighted by Gasteiger charge is -2.10. The number of amides is 1. The number of carbonyl (C=O) groups excluding carboxylic acids is 1. The minimum absolute atomic E-state index is 0.0271. The zero-order valence-electron chi connectivity index (χ0n) is 11.1. The smallest absolute Gasteiger partial charge is 0.257 e. The van der Waals surface area contributed by atoms with Crippen LogP contribution in [0.4, 0.5) is 0 Å². The normalized spacial score (nSPS) is 10.5. The summed E-state index contributed by atoms with van der Waals surface area (Å²) >= 11 is 5.87. The quantitative estimate of drug-likeness (QED) is 0.861. The van der Waals surface area contributed by atoms with Gasteiger partial charge in [-0.3, -0.25) is 4.79 Å². The molecule has 0 atom stereocenters. The number of hydrogen-bond acceptors (Lipinski definition) is 2. The fraction of sp³-hybridized carbons (Fsp3) is 0.500. The highest BCUT2D eigenvalue weighted by Gasteiger charge is 2.05. The lowest BCUT2D eigenvalue weighted by atomic mass is 10.1. The van der Waals surface area contributed by atoms with Crippen molar-refractivity contribution in [3.63, 3.8) is 0 Å². The fourth-order valence-electron chi connectivity index (χ4n) is 1.42. The highest BCUT2D eigenvalue weighted by atomic mass is 35.5. The second-order valence-corrected chi connectivity index (χ2v) is 5.17. The first-order chi connectivity index (χ1) is 8.49. The van der Waals surface area contributed by atoms with Crippen molar-refractivity contribution in [2.75, 3.05) is 13.2 Å². The van der Waals surface area contributed by atoms with Gasteiger partial charge in [-0.15, -0.1) is 0 Å². The lowest BCUT2D eigenvalue weighted by molar-refractivity contribution is -0.123. The van der Waals surface area contributed by atoms with Gasteiger partial charge in [-0.2, -0.15) is 0 Å². The van der Waals surface area contributed by atoms with E-state index in [-0.39, 0.29) is 12.5 Å². The van der Waals surface area contributed by atoms with Gasteiger partial charge in [0.05, 0.1) is 0 Å². The first kappa shape index (κ1) is 14.8. The first-order valence-electron chi connectivity index (χ1n) is 6.14. The number of halogens is 1. The minimum Gasteiger partial charge on any atom is -0.483 e. The van der Waals surface area contributed by atoms with Crippen molar-refractivity contribution in [3.05, 3.63) is 28.8 Å². The molecule has 0 bridgehead atoms. The van der Waals surface area contributed by atoms with Crippen molar-refractivity contribution in [2.24, 2.45) is 5.92 Å². The molecule has 1 rings (SSSR count). The largest absolute Gasteiger partial charge is 0.483 e. The Bertz CT molecular complexity index is 405. The van der Waals surface area contributed by atoms with E-state index in [4.69, 9.17) is 16.3 Å². The van der Waals surface area contributed by atoms with E-state index < -0.39 is 0 Å². The van der Waals surface area contributed by atoms with Gasteiger partial charge in [0.15, 0.2) is 6.61 Å². The molecule has 1 aromatic rings. The molecule has 0 radical (unpaired) electrons. The van der Waals surface area contributed by atoms with Gasteiger partial charge < -0.3 is 10.1 Å². The summed E-state index contributed by atoms with van der Waals surface area (Å²) in [6, 6.07) is 5.39. The van der Waals surface area contributed by atoms with Crippen LogP contribution in [-0.2, 0) is 4.79 Å². The first-order valence-corrected chi connectivity index (χ1v) is 6.52. The van der Waals surface area contributed by atoms with E-state index in [0.29, 0.717) is 23.2 Å². The highest BCUT2D eigenvalue weighted by molar-refractivity contribution is 6.30. The number of hydrogen-bond donors (Lipinski definition) is 1. The molecule has 0 aromatic heterocycles. The molecule has 0 saturated heterocycles. The number of carbonyl (C=O) groups is 1. The van der Waals surface area contributed by atoms with Gasteiger partial charge in [0, 0.05) is 11.6 Å². The maximum atomic E-state index is 11.5. The molecule has 0 heterocycles.